The quantitative estimate of drug-likeness (QED) is 0.400. The molecule has 2 rings (SSSR count). The molecular weight excluding hydrogens is 396 g/mol. The third-order valence-electron chi connectivity index (χ3n) is 3.62. The summed E-state index contributed by atoms with van der Waals surface area (Å²) in [6, 6.07) is 13.3. The van der Waals surface area contributed by atoms with Gasteiger partial charge in [-0.3, -0.25) is 4.79 Å². The molecule has 0 unspecified atom stereocenters. The second-order valence-electron chi connectivity index (χ2n) is 5.63. The zero-order valence-electron chi connectivity index (χ0n) is 15.9. The molecule has 1 amide bonds. The first kappa shape index (κ1) is 21.8. The van der Waals surface area contributed by atoms with Crippen LogP contribution in [0, 0.1) is 11.3 Å². The molecule has 2 aromatic carbocycles. The Hall–Kier alpha value is -3.50. The number of hydrogen-bond acceptors (Lipinski definition) is 6. The minimum absolute atomic E-state index is 0.0920. The summed E-state index contributed by atoms with van der Waals surface area (Å²) in [5.41, 5.74) is 0.981. The fraction of sp³-hybridized carbons (Fsp3) is 0.190. The predicted molar refractivity (Wildman–Crippen MR) is 109 cm³/mol. The van der Waals surface area contributed by atoms with E-state index in [-0.39, 0.29) is 12.2 Å². The Morgan fingerprint density at radius 2 is 1.86 bits per heavy atom. The van der Waals surface area contributed by atoms with Crippen molar-refractivity contribution in [1.29, 1.82) is 5.26 Å². The number of ether oxygens (including phenoxy) is 3. The zero-order chi connectivity index (χ0) is 21.2. The van der Waals surface area contributed by atoms with Gasteiger partial charge in [0.2, 0.25) is 0 Å². The second-order valence-corrected chi connectivity index (χ2v) is 6.07. The molecule has 0 bridgehead atoms. The zero-order valence-corrected chi connectivity index (χ0v) is 16.7. The van der Waals surface area contributed by atoms with Crippen molar-refractivity contribution < 1.29 is 23.8 Å². The number of nitriles is 1. The lowest BCUT2D eigenvalue weighted by Gasteiger charge is -2.12. The van der Waals surface area contributed by atoms with Crippen molar-refractivity contribution >= 4 is 35.2 Å². The van der Waals surface area contributed by atoms with E-state index in [0.717, 1.165) is 0 Å². The molecule has 0 fully saturated rings. The molecule has 8 heteroatoms. The van der Waals surface area contributed by atoms with Gasteiger partial charge in [-0.05, 0) is 55.0 Å². The van der Waals surface area contributed by atoms with E-state index in [4.69, 9.17) is 21.1 Å². The van der Waals surface area contributed by atoms with Crippen LogP contribution in [-0.4, -0.2) is 32.2 Å². The number of halogens is 1. The Balaban J connectivity index is 2.21. The van der Waals surface area contributed by atoms with Crippen LogP contribution in [-0.2, 0) is 14.3 Å². The van der Waals surface area contributed by atoms with Gasteiger partial charge >= 0.3 is 5.97 Å². The number of nitrogens with zero attached hydrogens (tertiary/aromatic N) is 1. The van der Waals surface area contributed by atoms with Crippen molar-refractivity contribution in [2.24, 2.45) is 0 Å². The topological polar surface area (TPSA) is 97.6 Å². The van der Waals surface area contributed by atoms with Crippen molar-refractivity contribution in [3.05, 3.63) is 58.6 Å². The van der Waals surface area contributed by atoms with Crippen LogP contribution in [0.3, 0.4) is 0 Å². The van der Waals surface area contributed by atoms with Crippen molar-refractivity contribution in [3.8, 4) is 17.6 Å². The highest BCUT2D eigenvalue weighted by Crippen LogP contribution is 2.29. The van der Waals surface area contributed by atoms with Crippen LogP contribution < -0.4 is 14.8 Å². The fourth-order valence-corrected chi connectivity index (χ4v) is 2.37. The highest BCUT2D eigenvalue weighted by atomic mass is 35.5. The van der Waals surface area contributed by atoms with Gasteiger partial charge in [0.25, 0.3) is 5.91 Å². The fourth-order valence-electron chi connectivity index (χ4n) is 2.24. The summed E-state index contributed by atoms with van der Waals surface area (Å²) in [6.45, 7) is 1.90. The van der Waals surface area contributed by atoms with E-state index in [9.17, 15) is 14.9 Å². The highest BCUT2D eigenvalue weighted by Gasteiger charge is 2.12. The van der Waals surface area contributed by atoms with Crippen molar-refractivity contribution in [2.75, 3.05) is 25.6 Å². The number of esters is 1. The van der Waals surface area contributed by atoms with Gasteiger partial charge in [0.15, 0.2) is 18.1 Å². The van der Waals surface area contributed by atoms with E-state index < -0.39 is 11.9 Å². The molecule has 150 valence electrons. The molecule has 0 aliphatic heterocycles. The Kier molecular flexibility index (Phi) is 8.07. The predicted octanol–water partition coefficient (Wildman–Crippen LogP) is 3.84. The first-order chi connectivity index (χ1) is 14.0. The lowest BCUT2D eigenvalue weighted by atomic mass is 10.1. The van der Waals surface area contributed by atoms with E-state index in [1.165, 1.54) is 13.2 Å². The first-order valence-corrected chi connectivity index (χ1v) is 8.99. The lowest BCUT2D eigenvalue weighted by molar-refractivity contribution is -0.142. The molecule has 0 saturated carbocycles. The maximum absolute atomic E-state index is 12.4. The summed E-state index contributed by atoms with van der Waals surface area (Å²) in [6.07, 6.45) is 1.43. The number of rotatable bonds is 8. The molecule has 0 aliphatic carbocycles. The molecule has 7 nitrogen and oxygen atoms in total. The SMILES string of the molecule is CCOc1cc(/C=C(\C#N)C(=O)Nc2ccc(Cl)cc2)ccc1OCC(=O)OC. The minimum atomic E-state index is -0.557. The summed E-state index contributed by atoms with van der Waals surface area (Å²) < 4.78 is 15.5. The molecular formula is C21H19ClN2O5. The number of carbonyl (C=O) groups excluding carboxylic acids is 2. The lowest BCUT2D eigenvalue weighted by Crippen LogP contribution is -2.13. The molecule has 0 atom stereocenters. The molecule has 2 aromatic rings. The number of anilines is 1. The van der Waals surface area contributed by atoms with Crippen LogP contribution in [0.2, 0.25) is 5.02 Å². The van der Waals surface area contributed by atoms with Gasteiger partial charge in [0.1, 0.15) is 11.6 Å². The Morgan fingerprint density at radius 1 is 1.14 bits per heavy atom. The maximum Gasteiger partial charge on any atom is 0.343 e. The van der Waals surface area contributed by atoms with Crippen molar-refractivity contribution in [2.45, 2.75) is 6.92 Å². The summed E-state index contributed by atoms with van der Waals surface area (Å²) >= 11 is 5.82. The average Bonchev–Trinajstić information content (AvgIpc) is 2.72. The third kappa shape index (κ3) is 6.55. The second kappa shape index (κ2) is 10.7. The van der Waals surface area contributed by atoms with Gasteiger partial charge < -0.3 is 19.5 Å². The largest absolute Gasteiger partial charge is 0.490 e. The number of carbonyl (C=O) groups is 2. The molecule has 0 radical (unpaired) electrons. The Morgan fingerprint density at radius 3 is 2.48 bits per heavy atom. The van der Waals surface area contributed by atoms with Gasteiger partial charge in [-0.15, -0.1) is 0 Å². The monoisotopic (exact) mass is 414 g/mol. The van der Waals surface area contributed by atoms with Crippen LogP contribution in [0.5, 0.6) is 11.5 Å². The Bertz CT molecular complexity index is 949. The minimum Gasteiger partial charge on any atom is -0.490 e. The van der Waals surface area contributed by atoms with Crippen LogP contribution >= 0.6 is 11.6 Å². The summed E-state index contributed by atoms with van der Waals surface area (Å²) in [5, 5.41) is 12.5. The third-order valence-corrected chi connectivity index (χ3v) is 3.87. The molecule has 0 heterocycles. The first-order valence-electron chi connectivity index (χ1n) is 8.62. The maximum atomic E-state index is 12.4. The van der Waals surface area contributed by atoms with Gasteiger partial charge in [-0.25, -0.2) is 4.79 Å². The van der Waals surface area contributed by atoms with Crippen molar-refractivity contribution in [3.63, 3.8) is 0 Å². The number of amides is 1. The highest BCUT2D eigenvalue weighted by molar-refractivity contribution is 6.30. The molecule has 0 aliphatic rings. The smallest absolute Gasteiger partial charge is 0.343 e. The van der Waals surface area contributed by atoms with Crippen LogP contribution in [0.25, 0.3) is 6.08 Å². The van der Waals surface area contributed by atoms with Crippen LogP contribution in [0.1, 0.15) is 12.5 Å². The van der Waals surface area contributed by atoms with E-state index in [1.807, 2.05) is 6.07 Å². The molecule has 29 heavy (non-hydrogen) atoms. The number of methoxy groups -OCH3 is 1. The van der Waals surface area contributed by atoms with E-state index in [0.29, 0.717) is 34.4 Å². The molecule has 0 aromatic heterocycles. The normalized spacial score (nSPS) is 10.6. The number of nitrogens with one attached hydrogen (secondary N) is 1. The standard InChI is InChI=1S/C21H19ClN2O5/c1-3-28-19-11-14(4-9-18(19)29-13-20(25)27-2)10-15(12-23)21(26)24-17-7-5-16(22)6-8-17/h4-11H,3,13H2,1-2H3,(H,24,26)/b15-10+. The van der Waals surface area contributed by atoms with Gasteiger partial charge in [-0.1, -0.05) is 17.7 Å². The van der Waals surface area contributed by atoms with Crippen LogP contribution in [0.4, 0.5) is 5.69 Å². The van der Waals surface area contributed by atoms with Gasteiger partial charge in [0.05, 0.1) is 13.7 Å². The summed E-state index contributed by atoms with van der Waals surface area (Å²) in [7, 11) is 1.27. The number of benzene rings is 2. The molecule has 0 saturated heterocycles. The van der Waals surface area contributed by atoms with Gasteiger partial charge in [-0.2, -0.15) is 5.26 Å². The Labute approximate surface area is 173 Å². The van der Waals surface area contributed by atoms with E-state index in [1.54, 1.807) is 49.4 Å². The summed E-state index contributed by atoms with van der Waals surface area (Å²) in [4.78, 5) is 23.6. The molecule has 1 N–H and O–H groups in total. The van der Waals surface area contributed by atoms with E-state index >= 15 is 0 Å². The number of hydrogen-bond donors (Lipinski definition) is 1. The van der Waals surface area contributed by atoms with Crippen molar-refractivity contribution in [1.82, 2.24) is 0 Å². The van der Waals surface area contributed by atoms with E-state index in [2.05, 4.69) is 10.1 Å². The average molecular weight is 415 g/mol. The summed E-state index contributed by atoms with van der Waals surface area (Å²) in [5.74, 6) is -0.361. The van der Waals surface area contributed by atoms with Gasteiger partial charge in [0, 0.05) is 10.7 Å². The van der Waals surface area contributed by atoms with Crippen LogP contribution in [0.15, 0.2) is 48.0 Å². The molecule has 0 spiro atoms.